The zero-order valence-electron chi connectivity index (χ0n) is 50.6. The molecular formula is C85H47N9O. The van der Waals surface area contributed by atoms with E-state index in [-0.39, 0.29) is 0 Å². The van der Waals surface area contributed by atoms with Crippen molar-refractivity contribution in [1.29, 1.82) is 10.5 Å². The summed E-state index contributed by atoms with van der Waals surface area (Å²) >= 11 is 0. The van der Waals surface area contributed by atoms with Crippen LogP contribution in [0.3, 0.4) is 0 Å². The summed E-state index contributed by atoms with van der Waals surface area (Å²) in [7, 11) is 0. The maximum absolute atomic E-state index is 10.6. The lowest BCUT2D eigenvalue weighted by molar-refractivity contribution is 0.436. The second kappa shape index (κ2) is 18.9. The Morgan fingerprint density at radius 1 is 0.263 bits per heavy atom. The molecule has 0 bridgehead atoms. The summed E-state index contributed by atoms with van der Waals surface area (Å²) in [4.78, 5) is 11.3. The Morgan fingerprint density at radius 2 is 0.537 bits per heavy atom. The normalized spacial score (nSPS) is 14.0. The molecule has 0 radical (unpaired) electrons. The van der Waals surface area contributed by atoms with Crippen LogP contribution in [0.15, 0.2) is 285 Å². The minimum Gasteiger partial charge on any atom is -0.457 e. The molecule has 0 N–H and O–H groups in total. The number of nitrogens with zero attached hydrogens (tertiary/aromatic N) is 9. The van der Waals surface area contributed by atoms with Gasteiger partial charge in [-0.15, -0.1) is 0 Å². The van der Waals surface area contributed by atoms with E-state index >= 15 is 0 Å². The first-order chi connectivity index (χ1) is 47.0. The molecule has 7 aromatic heterocycles. The summed E-state index contributed by atoms with van der Waals surface area (Å²) in [5, 5.41) is 31.9. The van der Waals surface area contributed by atoms with Gasteiger partial charge in [-0.3, -0.25) is 9.97 Å². The second-order valence-electron chi connectivity index (χ2n) is 25.1. The average Bonchev–Trinajstić information content (AvgIpc) is 1.57. The van der Waals surface area contributed by atoms with Crippen LogP contribution in [0.2, 0.25) is 0 Å². The van der Waals surface area contributed by atoms with Crippen molar-refractivity contribution in [2.45, 2.75) is 5.41 Å². The Morgan fingerprint density at radius 3 is 0.905 bits per heavy atom. The van der Waals surface area contributed by atoms with Crippen LogP contribution in [0.4, 0.5) is 0 Å². The van der Waals surface area contributed by atoms with E-state index in [1.165, 1.54) is 10.8 Å². The van der Waals surface area contributed by atoms with Crippen molar-refractivity contribution in [1.82, 2.24) is 32.8 Å². The lowest BCUT2D eigenvalue weighted by Crippen LogP contribution is -2.33. The predicted octanol–water partition coefficient (Wildman–Crippen LogP) is 20.2. The SMILES string of the molecule is N#Cc1ccc2c(c1)c1ccccc1n2-c1cnc2c(c1)C1(c3cc(-n4c5ccccc5c5ccccc54)ccc3Oc3ccc(-n4c5ccc(C#N)cc5c5cc(-n6c7ccccc7c7ccccc76)ccc54)cc31)c1cc(-n3c4ccccc4c4ccccc43)cnc1-2. The first kappa shape index (κ1) is 51.5. The van der Waals surface area contributed by atoms with E-state index in [1.54, 1.807) is 0 Å². The van der Waals surface area contributed by atoms with Crippen LogP contribution < -0.4 is 4.74 Å². The van der Waals surface area contributed by atoms with Gasteiger partial charge in [0.15, 0.2) is 0 Å². The van der Waals surface area contributed by atoms with Crippen molar-refractivity contribution in [3.63, 3.8) is 0 Å². The Hall–Kier alpha value is -13.3. The third-order valence-electron chi connectivity index (χ3n) is 20.4. The number of rotatable bonds is 5. The Balaban J connectivity index is 0.889. The number of fused-ring (bicyclic) bond motifs is 24. The molecule has 12 aromatic carbocycles. The number of aromatic nitrogens is 7. The zero-order chi connectivity index (χ0) is 62.4. The number of benzene rings is 12. The van der Waals surface area contributed by atoms with Crippen molar-refractivity contribution in [3.8, 4) is 63.5 Å². The van der Waals surface area contributed by atoms with Crippen LogP contribution in [0, 0.1) is 22.7 Å². The molecule has 10 nitrogen and oxygen atoms in total. The van der Waals surface area contributed by atoms with E-state index < -0.39 is 5.41 Å². The highest BCUT2D eigenvalue weighted by atomic mass is 16.5. The molecule has 8 heterocycles. The van der Waals surface area contributed by atoms with E-state index in [0.717, 1.165) is 160 Å². The molecule has 1 aliphatic carbocycles. The van der Waals surface area contributed by atoms with Crippen molar-refractivity contribution in [3.05, 3.63) is 319 Å². The van der Waals surface area contributed by atoms with Crippen molar-refractivity contribution < 1.29 is 4.74 Å². The summed E-state index contributed by atoms with van der Waals surface area (Å²) in [6, 6.07) is 102. The summed E-state index contributed by atoms with van der Waals surface area (Å²) in [6.07, 6.45) is 4.00. The highest BCUT2D eigenvalue weighted by Gasteiger charge is 2.54. The monoisotopic (exact) mass is 1210 g/mol. The van der Waals surface area contributed by atoms with E-state index in [9.17, 15) is 10.5 Å². The maximum Gasteiger partial charge on any atom is 0.132 e. The Bertz CT molecular complexity index is 6590. The van der Waals surface area contributed by atoms with E-state index in [2.05, 4.69) is 284 Å². The Labute approximate surface area is 541 Å². The Kier molecular flexibility index (Phi) is 10.2. The minimum atomic E-state index is -1.17. The van der Waals surface area contributed by atoms with Crippen LogP contribution in [0.5, 0.6) is 11.5 Å². The fourth-order valence-corrected chi connectivity index (χ4v) is 16.6. The van der Waals surface area contributed by atoms with E-state index in [0.29, 0.717) is 22.6 Å². The van der Waals surface area contributed by atoms with Gasteiger partial charge >= 0.3 is 0 Å². The summed E-state index contributed by atoms with van der Waals surface area (Å²) in [5.74, 6) is 1.40. The molecule has 1 aliphatic heterocycles. The molecule has 1 atom stereocenters. The maximum atomic E-state index is 10.6. The quantitative estimate of drug-likeness (QED) is 0.171. The van der Waals surface area contributed by atoms with Gasteiger partial charge in [-0.2, -0.15) is 10.5 Å². The summed E-state index contributed by atoms with van der Waals surface area (Å²) < 4.78 is 19.2. The summed E-state index contributed by atoms with van der Waals surface area (Å²) in [5.41, 5.74) is 20.4. The number of nitriles is 2. The highest BCUT2D eigenvalue weighted by molar-refractivity contribution is 6.15. The lowest BCUT2D eigenvalue weighted by atomic mass is 9.66. The molecule has 0 amide bonds. The first-order valence-electron chi connectivity index (χ1n) is 31.9. The molecule has 0 fully saturated rings. The van der Waals surface area contributed by atoms with Gasteiger partial charge in [-0.1, -0.05) is 127 Å². The van der Waals surface area contributed by atoms with Gasteiger partial charge < -0.3 is 27.6 Å². The van der Waals surface area contributed by atoms with Gasteiger partial charge in [0, 0.05) is 93.2 Å². The number of hydrogen-bond acceptors (Lipinski definition) is 5. The summed E-state index contributed by atoms with van der Waals surface area (Å²) in [6.45, 7) is 0. The standard InChI is InChI=1S/C85H47N9O/c86-46-50-29-34-78-64(39-50)63-21-7-14-28-77(63)94(78)56-45-70-84(89-49-56)83-69(44-55(48-88-83)93-75-26-12-5-19-61(75)62-20-6-13-27-76(62)93)85(70)67-42-53(91-73-24-10-3-17-59(73)60-18-4-11-25-74(60)91)32-37-81(67)95-82-38-33-54(43-68(82)85)92-79-35-30-51(47-87)40-65(79)66-41-52(31-36-80(66)92)90-71-22-8-1-15-57(71)58-16-2-9-23-72(58)90/h1-45,48-49H. The van der Waals surface area contributed by atoms with Gasteiger partial charge in [-0.25, -0.2) is 0 Å². The molecule has 1 spiro atoms. The molecule has 21 rings (SSSR count). The van der Waals surface area contributed by atoms with Crippen LogP contribution >= 0.6 is 0 Å². The van der Waals surface area contributed by atoms with Crippen LogP contribution in [-0.4, -0.2) is 32.8 Å². The molecule has 19 aromatic rings. The first-order valence-corrected chi connectivity index (χ1v) is 31.9. The van der Waals surface area contributed by atoms with Crippen LogP contribution in [0.1, 0.15) is 33.4 Å². The van der Waals surface area contributed by atoms with Gasteiger partial charge in [-0.05, 0) is 146 Å². The molecule has 438 valence electrons. The molecular weight excluding hydrogens is 1160 g/mol. The third-order valence-corrected chi connectivity index (χ3v) is 20.4. The highest BCUT2D eigenvalue weighted by Crippen LogP contribution is 2.63. The molecule has 95 heavy (non-hydrogen) atoms. The molecule has 0 saturated carbocycles. The molecule has 1 unspecified atom stereocenters. The van der Waals surface area contributed by atoms with Gasteiger partial charge in [0.25, 0.3) is 0 Å². The average molecular weight is 1210 g/mol. The van der Waals surface area contributed by atoms with E-state index in [1.807, 2.05) is 36.7 Å². The molecule has 0 saturated heterocycles. The van der Waals surface area contributed by atoms with Crippen molar-refractivity contribution in [2.75, 3.05) is 0 Å². The zero-order valence-corrected chi connectivity index (χ0v) is 50.6. The largest absolute Gasteiger partial charge is 0.457 e. The molecule has 2 aliphatic rings. The van der Waals surface area contributed by atoms with Crippen LogP contribution in [0.25, 0.3) is 149 Å². The van der Waals surface area contributed by atoms with Crippen LogP contribution in [-0.2, 0) is 5.41 Å². The number of ether oxygens (including phenoxy) is 1. The predicted molar refractivity (Wildman–Crippen MR) is 381 cm³/mol. The fraction of sp³-hybridized carbons (Fsp3) is 0.0118. The number of para-hydroxylation sites is 7. The van der Waals surface area contributed by atoms with Crippen molar-refractivity contribution >= 4 is 109 Å². The van der Waals surface area contributed by atoms with Crippen molar-refractivity contribution in [2.24, 2.45) is 0 Å². The fourth-order valence-electron chi connectivity index (χ4n) is 16.6. The van der Waals surface area contributed by atoms with Gasteiger partial charge in [0.2, 0.25) is 0 Å². The lowest BCUT2D eigenvalue weighted by Gasteiger charge is -2.39. The smallest absolute Gasteiger partial charge is 0.132 e. The third kappa shape index (κ3) is 6.83. The van der Waals surface area contributed by atoms with Gasteiger partial charge in [0.1, 0.15) is 11.5 Å². The molecule has 10 heteroatoms. The van der Waals surface area contributed by atoms with Gasteiger partial charge in [0.05, 0.1) is 119 Å². The minimum absolute atomic E-state index is 0.579. The topological polar surface area (TPSA) is 107 Å². The second-order valence-corrected chi connectivity index (χ2v) is 25.1. The number of pyridine rings is 2. The number of hydrogen-bond donors (Lipinski definition) is 0. The van der Waals surface area contributed by atoms with E-state index in [4.69, 9.17) is 14.7 Å².